The Bertz CT molecular complexity index is 554. The van der Waals surface area contributed by atoms with Gasteiger partial charge < -0.3 is 5.32 Å². The molecule has 0 aliphatic rings. The van der Waals surface area contributed by atoms with E-state index in [1.165, 1.54) is 0 Å². The van der Waals surface area contributed by atoms with Crippen LogP contribution in [0.5, 0.6) is 0 Å². The zero-order valence-corrected chi connectivity index (χ0v) is 12.4. The van der Waals surface area contributed by atoms with E-state index in [1.807, 2.05) is 61.5 Å². The fraction of sp³-hybridized carbons (Fsp3) is 0.188. The molecule has 0 saturated carbocycles. The Labute approximate surface area is 122 Å². The van der Waals surface area contributed by atoms with Crippen LogP contribution in [0.15, 0.2) is 59.1 Å². The molecule has 0 radical (unpaired) electrons. The Morgan fingerprint density at radius 2 is 1.74 bits per heavy atom. The second kappa shape index (κ2) is 6.53. The van der Waals surface area contributed by atoms with Gasteiger partial charge in [-0.2, -0.15) is 0 Å². The highest BCUT2D eigenvalue weighted by atomic mass is 79.9. The lowest BCUT2D eigenvalue weighted by Gasteiger charge is -2.16. The summed E-state index contributed by atoms with van der Waals surface area (Å²) in [5.41, 5.74) is 1.86. The van der Waals surface area contributed by atoms with Crippen molar-refractivity contribution in [3.8, 4) is 0 Å². The van der Waals surface area contributed by atoms with Gasteiger partial charge in [-0.25, -0.2) is 0 Å². The molecule has 0 bridgehead atoms. The van der Waals surface area contributed by atoms with Gasteiger partial charge in [-0.3, -0.25) is 4.79 Å². The van der Waals surface area contributed by atoms with Crippen LogP contribution in [0.2, 0.25) is 0 Å². The van der Waals surface area contributed by atoms with Crippen molar-refractivity contribution in [2.75, 3.05) is 5.32 Å². The molecule has 2 aromatic rings. The number of amides is 1. The van der Waals surface area contributed by atoms with Gasteiger partial charge in [0.15, 0.2) is 0 Å². The molecule has 2 aromatic carbocycles. The van der Waals surface area contributed by atoms with Crippen molar-refractivity contribution < 1.29 is 4.79 Å². The molecule has 0 saturated heterocycles. The molecular weight excluding hydrogens is 302 g/mol. The maximum Gasteiger partial charge on any atom is 0.231 e. The average molecular weight is 318 g/mol. The van der Waals surface area contributed by atoms with Crippen LogP contribution in [-0.2, 0) is 4.79 Å². The Kier molecular flexibility index (Phi) is 4.74. The predicted octanol–water partition coefficient (Wildman–Crippen LogP) is 4.58. The normalized spacial score (nSPS) is 11.9. The molecule has 2 rings (SSSR count). The molecule has 0 spiro atoms. The minimum atomic E-state index is -0.117. The molecule has 1 N–H and O–H groups in total. The van der Waals surface area contributed by atoms with Crippen LogP contribution in [0.1, 0.15) is 24.8 Å². The third-order valence-electron chi connectivity index (χ3n) is 3.06. The lowest BCUT2D eigenvalue weighted by Crippen LogP contribution is -2.20. The van der Waals surface area contributed by atoms with E-state index in [2.05, 4.69) is 21.2 Å². The molecule has 0 aromatic heterocycles. The summed E-state index contributed by atoms with van der Waals surface area (Å²) in [6.07, 6.45) is 0.778. The predicted molar refractivity (Wildman–Crippen MR) is 82.2 cm³/mol. The fourth-order valence-electron chi connectivity index (χ4n) is 2.04. The topological polar surface area (TPSA) is 29.1 Å². The van der Waals surface area contributed by atoms with E-state index in [0.29, 0.717) is 0 Å². The Balaban J connectivity index is 2.17. The molecule has 0 fully saturated rings. The number of benzene rings is 2. The summed E-state index contributed by atoms with van der Waals surface area (Å²) in [5.74, 6) is -0.0890. The van der Waals surface area contributed by atoms with E-state index in [0.717, 1.165) is 22.1 Å². The van der Waals surface area contributed by atoms with Gasteiger partial charge in [-0.05, 0) is 40.0 Å². The second-order valence-corrected chi connectivity index (χ2v) is 5.19. The van der Waals surface area contributed by atoms with Crippen LogP contribution in [-0.4, -0.2) is 5.91 Å². The van der Waals surface area contributed by atoms with Crippen LogP contribution in [0.25, 0.3) is 0 Å². The van der Waals surface area contributed by atoms with Gasteiger partial charge in [0.25, 0.3) is 0 Å². The Hall–Kier alpha value is -1.61. The summed E-state index contributed by atoms with van der Waals surface area (Å²) in [4.78, 5) is 12.4. The number of carbonyl (C=O) groups excluding carboxylic acids is 1. The number of rotatable bonds is 4. The maximum absolute atomic E-state index is 12.4. The molecule has 0 aliphatic carbocycles. The summed E-state index contributed by atoms with van der Waals surface area (Å²) in [6.45, 7) is 2.03. The summed E-state index contributed by atoms with van der Waals surface area (Å²) >= 11 is 3.44. The fourth-order valence-corrected chi connectivity index (χ4v) is 2.42. The van der Waals surface area contributed by atoms with Crippen molar-refractivity contribution >= 4 is 27.5 Å². The first kappa shape index (κ1) is 13.8. The molecule has 1 atom stereocenters. The Morgan fingerprint density at radius 1 is 1.11 bits per heavy atom. The second-order valence-electron chi connectivity index (χ2n) is 4.34. The first-order valence-corrected chi connectivity index (χ1v) is 7.12. The lowest BCUT2D eigenvalue weighted by atomic mass is 9.95. The van der Waals surface area contributed by atoms with E-state index < -0.39 is 0 Å². The third kappa shape index (κ3) is 3.44. The molecule has 1 unspecified atom stereocenters. The van der Waals surface area contributed by atoms with E-state index in [4.69, 9.17) is 0 Å². The largest absolute Gasteiger partial charge is 0.325 e. The number of para-hydroxylation sites is 1. The van der Waals surface area contributed by atoms with Gasteiger partial charge in [0.05, 0.1) is 11.6 Å². The number of hydrogen-bond donors (Lipinski definition) is 1. The van der Waals surface area contributed by atoms with Gasteiger partial charge in [0.1, 0.15) is 0 Å². The van der Waals surface area contributed by atoms with Crippen molar-refractivity contribution in [3.63, 3.8) is 0 Å². The van der Waals surface area contributed by atoms with Crippen LogP contribution in [0, 0.1) is 0 Å². The standard InChI is InChI=1S/C16H16BrNO/c1-2-13(12-8-4-3-5-9-12)16(19)18-15-11-7-6-10-14(15)17/h3-11,13H,2H2,1H3,(H,18,19). The number of anilines is 1. The molecular formula is C16H16BrNO. The summed E-state index contributed by atoms with van der Waals surface area (Å²) < 4.78 is 0.895. The van der Waals surface area contributed by atoms with Gasteiger partial charge in [-0.1, -0.05) is 49.4 Å². The minimum Gasteiger partial charge on any atom is -0.325 e. The van der Waals surface area contributed by atoms with Gasteiger partial charge in [0, 0.05) is 4.47 Å². The molecule has 0 heterocycles. The van der Waals surface area contributed by atoms with Crippen LogP contribution in [0.4, 0.5) is 5.69 Å². The highest BCUT2D eigenvalue weighted by molar-refractivity contribution is 9.10. The SMILES string of the molecule is CCC(C(=O)Nc1ccccc1Br)c1ccccc1. The Morgan fingerprint density at radius 3 is 2.37 bits per heavy atom. The first-order chi connectivity index (χ1) is 9.22. The van der Waals surface area contributed by atoms with E-state index in [1.54, 1.807) is 0 Å². The highest BCUT2D eigenvalue weighted by Gasteiger charge is 2.18. The number of carbonyl (C=O) groups is 1. The zero-order valence-electron chi connectivity index (χ0n) is 10.8. The molecule has 98 valence electrons. The van der Waals surface area contributed by atoms with Gasteiger partial charge in [-0.15, -0.1) is 0 Å². The van der Waals surface area contributed by atoms with E-state index >= 15 is 0 Å². The van der Waals surface area contributed by atoms with Crippen LogP contribution >= 0.6 is 15.9 Å². The molecule has 3 heteroatoms. The average Bonchev–Trinajstić information content (AvgIpc) is 2.43. The maximum atomic E-state index is 12.4. The highest BCUT2D eigenvalue weighted by Crippen LogP contribution is 2.25. The molecule has 19 heavy (non-hydrogen) atoms. The third-order valence-corrected chi connectivity index (χ3v) is 3.75. The number of hydrogen-bond acceptors (Lipinski definition) is 1. The molecule has 2 nitrogen and oxygen atoms in total. The quantitative estimate of drug-likeness (QED) is 0.878. The number of halogens is 1. The molecule has 1 amide bonds. The van der Waals surface area contributed by atoms with Crippen molar-refractivity contribution in [2.45, 2.75) is 19.3 Å². The van der Waals surface area contributed by atoms with Crippen molar-refractivity contribution in [1.82, 2.24) is 0 Å². The summed E-state index contributed by atoms with van der Waals surface area (Å²) in [6, 6.07) is 17.5. The van der Waals surface area contributed by atoms with E-state index in [9.17, 15) is 4.79 Å². The van der Waals surface area contributed by atoms with Crippen LogP contribution in [0.3, 0.4) is 0 Å². The minimum absolute atomic E-state index is 0.0283. The lowest BCUT2D eigenvalue weighted by molar-refractivity contribution is -0.117. The van der Waals surface area contributed by atoms with Crippen LogP contribution < -0.4 is 5.32 Å². The number of nitrogens with one attached hydrogen (secondary N) is 1. The monoisotopic (exact) mass is 317 g/mol. The molecule has 0 aliphatic heterocycles. The van der Waals surface area contributed by atoms with E-state index in [-0.39, 0.29) is 11.8 Å². The van der Waals surface area contributed by atoms with Crippen molar-refractivity contribution in [1.29, 1.82) is 0 Å². The smallest absolute Gasteiger partial charge is 0.231 e. The van der Waals surface area contributed by atoms with Gasteiger partial charge >= 0.3 is 0 Å². The van der Waals surface area contributed by atoms with Crippen molar-refractivity contribution in [2.24, 2.45) is 0 Å². The summed E-state index contributed by atoms with van der Waals surface area (Å²) in [7, 11) is 0. The van der Waals surface area contributed by atoms with Crippen molar-refractivity contribution in [3.05, 3.63) is 64.6 Å². The zero-order chi connectivity index (χ0) is 13.7. The summed E-state index contributed by atoms with van der Waals surface area (Å²) in [5, 5.41) is 2.97. The first-order valence-electron chi connectivity index (χ1n) is 6.32. The van der Waals surface area contributed by atoms with Gasteiger partial charge in [0.2, 0.25) is 5.91 Å².